The second-order valence-electron chi connectivity index (χ2n) is 2.39. The van der Waals surface area contributed by atoms with Crippen molar-refractivity contribution < 1.29 is 4.79 Å². The van der Waals surface area contributed by atoms with Crippen molar-refractivity contribution in [2.75, 3.05) is 0 Å². The van der Waals surface area contributed by atoms with Crippen molar-refractivity contribution in [2.24, 2.45) is 5.73 Å². The summed E-state index contributed by atoms with van der Waals surface area (Å²) in [4.78, 5) is 14.8. The van der Waals surface area contributed by atoms with Gasteiger partial charge in [-0.2, -0.15) is 0 Å². The van der Waals surface area contributed by atoms with Crippen LogP contribution in [0.2, 0.25) is 0 Å². The highest BCUT2D eigenvalue weighted by Crippen LogP contribution is 2.22. The van der Waals surface area contributed by atoms with Gasteiger partial charge in [-0.3, -0.25) is 9.78 Å². The van der Waals surface area contributed by atoms with E-state index in [9.17, 15) is 4.79 Å². The Labute approximate surface area is 72.8 Å². The van der Waals surface area contributed by atoms with Crippen molar-refractivity contribution in [3.8, 4) is 0 Å². The van der Waals surface area contributed by atoms with E-state index in [2.05, 4.69) is 4.98 Å². The maximum Gasteiger partial charge on any atom is 0.251 e. The van der Waals surface area contributed by atoms with Gasteiger partial charge in [0.1, 0.15) is 0 Å². The number of aromatic nitrogens is 1. The molecule has 2 rings (SSSR count). The molecule has 0 aliphatic rings. The standard InChI is InChI=1S/C8H6N2OS/c9-8(11)6-4-10-3-5-1-2-12-7(5)6/h1-4H,(H2,9,11). The van der Waals surface area contributed by atoms with E-state index in [-0.39, 0.29) is 0 Å². The number of hydrogen-bond acceptors (Lipinski definition) is 3. The molecule has 0 aliphatic heterocycles. The Morgan fingerprint density at radius 3 is 3.08 bits per heavy atom. The summed E-state index contributed by atoms with van der Waals surface area (Å²) in [6.07, 6.45) is 3.22. The minimum Gasteiger partial charge on any atom is -0.366 e. The topological polar surface area (TPSA) is 56.0 Å². The second-order valence-corrected chi connectivity index (χ2v) is 3.31. The summed E-state index contributed by atoms with van der Waals surface area (Å²) >= 11 is 1.50. The van der Waals surface area contributed by atoms with Crippen molar-refractivity contribution >= 4 is 27.3 Å². The van der Waals surface area contributed by atoms with Crippen LogP contribution in [0.5, 0.6) is 0 Å². The van der Waals surface area contributed by atoms with E-state index in [0.717, 1.165) is 10.1 Å². The maximum atomic E-state index is 10.9. The quantitative estimate of drug-likeness (QED) is 0.717. The Kier molecular flexibility index (Phi) is 1.55. The molecule has 1 amide bonds. The van der Waals surface area contributed by atoms with Crippen molar-refractivity contribution in [1.82, 2.24) is 4.98 Å². The zero-order chi connectivity index (χ0) is 8.55. The largest absolute Gasteiger partial charge is 0.366 e. The van der Waals surface area contributed by atoms with Gasteiger partial charge in [0.05, 0.1) is 10.3 Å². The first kappa shape index (κ1) is 7.24. The first-order valence-electron chi connectivity index (χ1n) is 3.40. The summed E-state index contributed by atoms with van der Waals surface area (Å²) in [5.74, 6) is -0.421. The van der Waals surface area contributed by atoms with Gasteiger partial charge in [-0.25, -0.2) is 0 Å². The fourth-order valence-corrected chi connectivity index (χ4v) is 1.95. The number of nitrogens with zero attached hydrogens (tertiary/aromatic N) is 1. The Morgan fingerprint density at radius 2 is 2.33 bits per heavy atom. The highest BCUT2D eigenvalue weighted by atomic mass is 32.1. The average Bonchev–Trinajstić information content (AvgIpc) is 2.49. The number of fused-ring (bicyclic) bond motifs is 1. The molecule has 0 atom stereocenters. The number of thiophene rings is 1. The summed E-state index contributed by atoms with van der Waals surface area (Å²) in [5, 5.41) is 2.88. The molecular weight excluding hydrogens is 172 g/mol. The Morgan fingerprint density at radius 1 is 1.50 bits per heavy atom. The van der Waals surface area contributed by atoms with Crippen molar-refractivity contribution in [2.45, 2.75) is 0 Å². The number of rotatable bonds is 1. The highest BCUT2D eigenvalue weighted by molar-refractivity contribution is 7.17. The van der Waals surface area contributed by atoms with Crippen LogP contribution in [-0.2, 0) is 0 Å². The lowest BCUT2D eigenvalue weighted by Gasteiger charge is -1.94. The normalized spacial score (nSPS) is 10.3. The zero-order valence-electron chi connectivity index (χ0n) is 6.15. The molecule has 0 radical (unpaired) electrons. The molecule has 0 aliphatic carbocycles. The number of amides is 1. The fourth-order valence-electron chi connectivity index (χ4n) is 1.07. The molecular formula is C8H6N2OS. The number of hydrogen-bond donors (Lipinski definition) is 1. The van der Waals surface area contributed by atoms with Gasteiger partial charge >= 0.3 is 0 Å². The fraction of sp³-hybridized carbons (Fsp3) is 0. The van der Waals surface area contributed by atoms with Crippen LogP contribution in [0.25, 0.3) is 10.1 Å². The van der Waals surface area contributed by atoms with E-state index in [0.29, 0.717) is 5.56 Å². The van der Waals surface area contributed by atoms with Gasteiger partial charge in [0.25, 0.3) is 5.91 Å². The van der Waals surface area contributed by atoms with Crippen LogP contribution in [-0.4, -0.2) is 10.9 Å². The zero-order valence-corrected chi connectivity index (χ0v) is 6.97. The summed E-state index contributed by atoms with van der Waals surface area (Å²) < 4.78 is 0.914. The molecule has 2 aromatic heterocycles. The lowest BCUT2D eigenvalue weighted by molar-refractivity contribution is 0.100. The minimum atomic E-state index is -0.421. The number of primary amides is 1. The predicted octanol–water partition coefficient (Wildman–Crippen LogP) is 1.40. The van der Waals surface area contributed by atoms with Crippen LogP contribution in [0.15, 0.2) is 23.8 Å². The average molecular weight is 178 g/mol. The Balaban J connectivity index is 2.82. The smallest absolute Gasteiger partial charge is 0.251 e. The molecule has 0 unspecified atom stereocenters. The molecule has 0 bridgehead atoms. The number of carbonyl (C=O) groups excluding carboxylic acids is 1. The first-order chi connectivity index (χ1) is 5.79. The third-order valence-corrected chi connectivity index (χ3v) is 2.59. The van der Waals surface area contributed by atoms with Gasteiger partial charge in [-0.1, -0.05) is 0 Å². The molecule has 2 aromatic rings. The maximum absolute atomic E-state index is 10.9. The summed E-state index contributed by atoms with van der Waals surface area (Å²) in [7, 11) is 0. The molecule has 4 heteroatoms. The Bertz CT molecular complexity index is 435. The number of carbonyl (C=O) groups is 1. The molecule has 0 saturated carbocycles. The van der Waals surface area contributed by atoms with Crippen LogP contribution in [0.3, 0.4) is 0 Å². The van der Waals surface area contributed by atoms with Crippen LogP contribution >= 0.6 is 11.3 Å². The van der Waals surface area contributed by atoms with Gasteiger partial charge in [0.2, 0.25) is 0 Å². The van der Waals surface area contributed by atoms with E-state index >= 15 is 0 Å². The second kappa shape index (κ2) is 2.57. The molecule has 2 heterocycles. The molecule has 3 nitrogen and oxygen atoms in total. The molecule has 2 N–H and O–H groups in total. The molecule has 0 saturated heterocycles. The van der Waals surface area contributed by atoms with Crippen LogP contribution in [0.4, 0.5) is 0 Å². The number of nitrogens with two attached hydrogens (primary N) is 1. The van der Waals surface area contributed by atoms with Crippen LogP contribution in [0.1, 0.15) is 10.4 Å². The molecule has 12 heavy (non-hydrogen) atoms. The third kappa shape index (κ3) is 0.967. The predicted molar refractivity (Wildman–Crippen MR) is 48.1 cm³/mol. The van der Waals surface area contributed by atoms with Gasteiger partial charge in [-0.15, -0.1) is 11.3 Å². The van der Waals surface area contributed by atoms with Crippen LogP contribution in [0, 0.1) is 0 Å². The lowest BCUT2D eigenvalue weighted by Crippen LogP contribution is -2.11. The van der Waals surface area contributed by atoms with Crippen molar-refractivity contribution in [3.63, 3.8) is 0 Å². The van der Waals surface area contributed by atoms with Gasteiger partial charge < -0.3 is 5.73 Å². The monoisotopic (exact) mass is 178 g/mol. The van der Waals surface area contributed by atoms with E-state index in [4.69, 9.17) is 5.73 Å². The van der Waals surface area contributed by atoms with Crippen molar-refractivity contribution in [3.05, 3.63) is 29.4 Å². The van der Waals surface area contributed by atoms with E-state index in [1.165, 1.54) is 17.5 Å². The molecule has 0 spiro atoms. The molecule has 60 valence electrons. The van der Waals surface area contributed by atoms with Crippen molar-refractivity contribution in [1.29, 1.82) is 0 Å². The number of pyridine rings is 1. The van der Waals surface area contributed by atoms with Gasteiger partial charge in [0.15, 0.2) is 0 Å². The van der Waals surface area contributed by atoms with E-state index < -0.39 is 5.91 Å². The van der Waals surface area contributed by atoms with E-state index in [1.807, 2.05) is 11.4 Å². The SMILES string of the molecule is NC(=O)c1cncc2ccsc12. The molecule has 0 aromatic carbocycles. The van der Waals surface area contributed by atoms with E-state index in [1.54, 1.807) is 6.20 Å². The minimum absolute atomic E-state index is 0.421. The lowest BCUT2D eigenvalue weighted by atomic mass is 10.2. The highest BCUT2D eigenvalue weighted by Gasteiger charge is 2.06. The molecule has 0 fully saturated rings. The van der Waals surface area contributed by atoms with Gasteiger partial charge in [0, 0.05) is 17.8 Å². The third-order valence-electron chi connectivity index (χ3n) is 1.62. The Hall–Kier alpha value is -1.42. The summed E-state index contributed by atoms with van der Waals surface area (Å²) in [6, 6.07) is 1.92. The van der Waals surface area contributed by atoms with Crippen LogP contribution < -0.4 is 5.73 Å². The summed E-state index contributed by atoms with van der Waals surface area (Å²) in [5.41, 5.74) is 5.67. The first-order valence-corrected chi connectivity index (χ1v) is 4.28. The van der Waals surface area contributed by atoms with Gasteiger partial charge in [-0.05, 0) is 11.4 Å². The summed E-state index contributed by atoms with van der Waals surface area (Å²) in [6.45, 7) is 0.